The molecule has 0 bridgehead atoms. The van der Waals surface area contributed by atoms with Crippen molar-refractivity contribution in [1.29, 1.82) is 0 Å². The lowest BCUT2D eigenvalue weighted by molar-refractivity contribution is -0.145. The van der Waals surface area contributed by atoms with E-state index in [-0.39, 0.29) is 11.7 Å². The molecule has 0 heterocycles. The van der Waals surface area contributed by atoms with Crippen molar-refractivity contribution in [2.75, 3.05) is 7.11 Å². The van der Waals surface area contributed by atoms with E-state index in [1.807, 2.05) is 6.07 Å². The molecule has 20 heavy (non-hydrogen) atoms. The van der Waals surface area contributed by atoms with Crippen molar-refractivity contribution in [2.45, 2.75) is 19.9 Å². The van der Waals surface area contributed by atoms with Gasteiger partial charge in [0.25, 0.3) is 0 Å². The van der Waals surface area contributed by atoms with Gasteiger partial charge >= 0.3 is 5.97 Å². The normalized spacial score (nSPS) is 12.9. The minimum absolute atomic E-state index is 0.112. The number of carbonyl (C=O) groups is 2. The van der Waals surface area contributed by atoms with E-state index in [1.165, 1.54) is 7.11 Å². The maximum absolute atomic E-state index is 11.8. The Morgan fingerprint density at radius 2 is 1.85 bits per heavy atom. The van der Waals surface area contributed by atoms with E-state index in [4.69, 9.17) is 0 Å². The minimum Gasteiger partial charge on any atom is -0.507 e. The van der Waals surface area contributed by atoms with E-state index in [0.717, 1.165) is 6.08 Å². The summed E-state index contributed by atoms with van der Waals surface area (Å²) < 4.78 is 4.63. The highest BCUT2D eigenvalue weighted by molar-refractivity contribution is 5.96. The first kappa shape index (κ1) is 15.8. The number of carbonyl (C=O) groups excluding carboxylic acids is 2. The van der Waals surface area contributed by atoms with Crippen LogP contribution in [0.3, 0.4) is 0 Å². The van der Waals surface area contributed by atoms with Crippen LogP contribution in [0.1, 0.15) is 19.4 Å². The summed E-state index contributed by atoms with van der Waals surface area (Å²) in [5, 5.41) is 12.3. The average Bonchev–Trinajstić information content (AvgIpc) is 2.44. The van der Waals surface area contributed by atoms with Crippen molar-refractivity contribution in [1.82, 2.24) is 5.32 Å². The summed E-state index contributed by atoms with van der Waals surface area (Å²) in [5.41, 5.74) is 0.529. The van der Waals surface area contributed by atoms with Gasteiger partial charge in [-0.15, -0.1) is 0 Å². The zero-order valence-electron chi connectivity index (χ0n) is 11.8. The lowest BCUT2D eigenvalue weighted by Crippen LogP contribution is -2.44. The van der Waals surface area contributed by atoms with Crippen molar-refractivity contribution in [3.63, 3.8) is 0 Å². The maximum atomic E-state index is 11.8. The van der Waals surface area contributed by atoms with Gasteiger partial charge in [-0.1, -0.05) is 44.2 Å². The first-order valence-corrected chi connectivity index (χ1v) is 6.30. The average molecular weight is 277 g/mol. The van der Waals surface area contributed by atoms with Crippen molar-refractivity contribution in [2.24, 2.45) is 5.92 Å². The SMILES string of the molecule is COC(=O)C(NC(=O)/C=C(\O)c1ccccc1)C(C)C. The number of hydrogen-bond donors (Lipinski definition) is 2. The third-order valence-corrected chi connectivity index (χ3v) is 2.76. The first-order valence-electron chi connectivity index (χ1n) is 6.30. The summed E-state index contributed by atoms with van der Waals surface area (Å²) in [4.78, 5) is 23.3. The summed E-state index contributed by atoms with van der Waals surface area (Å²) in [5.74, 6) is -1.33. The Morgan fingerprint density at radius 3 is 2.35 bits per heavy atom. The highest BCUT2D eigenvalue weighted by atomic mass is 16.5. The van der Waals surface area contributed by atoms with Crippen LogP contribution in [-0.2, 0) is 14.3 Å². The van der Waals surface area contributed by atoms with Crippen LogP contribution in [0.15, 0.2) is 36.4 Å². The van der Waals surface area contributed by atoms with Crippen molar-refractivity contribution in [3.05, 3.63) is 42.0 Å². The zero-order valence-corrected chi connectivity index (χ0v) is 11.8. The Bertz CT molecular complexity index is 494. The lowest BCUT2D eigenvalue weighted by atomic mass is 10.0. The monoisotopic (exact) mass is 277 g/mol. The summed E-state index contributed by atoms with van der Waals surface area (Å²) in [7, 11) is 1.27. The summed E-state index contributed by atoms with van der Waals surface area (Å²) >= 11 is 0. The number of amides is 1. The number of aliphatic hydroxyl groups is 1. The van der Waals surface area contributed by atoms with E-state index in [9.17, 15) is 14.7 Å². The second-order valence-corrected chi connectivity index (χ2v) is 4.65. The van der Waals surface area contributed by atoms with Crippen LogP contribution in [0, 0.1) is 5.92 Å². The largest absolute Gasteiger partial charge is 0.507 e. The second kappa shape index (κ2) is 7.33. The van der Waals surface area contributed by atoms with Gasteiger partial charge in [-0.25, -0.2) is 4.79 Å². The third-order valence-electron chi connectivity index (χ3n) is 2.76. The number of aliphatic hydroxyl groups excluding tert-OH is 1. The number of methoxy groups -OCH3 is 1. The molecule has 0 saturated carbocycles. The predicted octanol–water partition coefficient (Wildman–Crippen LogP) is 1.90. The highest BCUT2D eigenvalue weighted by Crippen LogP contribution is 2.10. The molecular formula is C15H19NO4. The van der Waals surface area contributed by atoms with E-state index >= 15 is 0 Å². The molecule has 0 aromatic heterocycles. The first-order chi connectivity index (χ1) is 9.45. The van der Waals surface area contributed by atoms with Gasteiger partial charge in [-0.3, -0.25) is 4.79 Å². The molecule has 108 valence electrons. The molecule has 0 aliphatic heterocycles. The van der Waals surface area contributed by atoms with E-state index in [2.05, 4.69) is 10.1 Å². The van der Waals surface area contributed by atoms with Crippen LogP contribution in [0.4, 0.5) is 0 Å². The van der Waals surface area contributed by atoms with E-state index in [0.29, 0.717) is 5.56 Å². The fraction of sp³-hybridized carbons (Fsp3) is 0.333. The van der Waals surface area contributed by atoms with Gasteiger partial charge in [0.15, 0.2) is 0 Å². The van der Waals surface area contributed by atoms with Crippen LogP contribution in [0.5, 0.6) is 0 Å². The molecule has 1 unspecified atom stereocenters. The van der Waals surface area contributed by atoms with Crippen LogP contribution >= 0.6 is 0 Å². The quantitative estimate of drug-likeness (QED) is 0.489. The molecule has 0 saturated heterocycles. The number of esters is 1. The van der Waals surface area contributed by atoms with Gasteiger partial charge in [0, 0.05) is 11.6 Å². The van der Waals surface area contributed by atoms with Crippen LogP contribution < -0.4 is 5.32 Å². The summed E-state index contributed by atoms with van der Waals surface area (Å²) in [6.45, 7) is 3.59. The zero-order chi connectivity index (χ0) is 15.1. The Morgan fingerprint density at radius 1 is 1.25 bits per heavy atom. The Kier molecular flexibility index (Phi) is 5.77. The molecule has 1 amide bonds. The Balaban J connectivity index is 2.78. The van der Waals surface area contributed by atoms with Gasteiger partial charge in [0.05, 0.1) is 7.11 Å². The third kappa shape index (κ3) is 4.42. The molecular weight excluding hydrogens is 258 g/mol. The van der Waals surface area contributed by atoms with Crippen LogP contribution in [-0.4, -0.2) is 30.1 Å². The number of rotatable bonds is 5. The number of ether oxygens (including phenoxy) is 1. The summed E-state index contributed by atoms with van der Waals surface area (Å²) in [6.07, 6.45) is 1.05. The van der Waals surface area contributed by atoms with Gasteiger partial charge < -0.3 is 15.2 Å². The molecule has 0 spiro atoms. The van der Waals surface area contributed by atoms with Gasteiger partial charge in [0.2, 0.25) is 5.91 Å². The smallest absolute Gasteiger partial charge is 0.328 e. The predicted molar refractivity (Wildman–Crippen MR) is 75.8 cm³/mol. The number of nitrogens with one attached hydrogen (secondary N) is 1. The Labute approximate surface area is 118 Å². The molecule has 0 fully saturated rings. The molecule has 5 heteroatoms. The molecule has 1 aromatic carbocycles. The van der Waals surface area contributed by atoms with Crippen LogP contribution in [0.2, 0.25) is 0 Å². The van der Waals surface area contributed by atoms with Crippen molar-refractivity contribution < 1.29 is 19.4 Å². The standard InChI is InChI=1S/C15H19NO4/c1-10(2)14(15(19)20-3)16-13(18)9-12(17)11-7-5-4-6-8-11/h4-10,14,17H,1-3H3,(H,16,18)/b12-9-. The van der Waals surface area contributed by atoms with Crippen molar-refractivity contribution >= 4 is 17.6 Å². The van der Waals surface area contributed by atoms with Gasteiger partial charge in [-0.05, 0) is 5.92 Å². The topological polar surface area (TPSA) is 75.6 Å². The lowest BCUT2D eigenvalue weighted by Gasteiger charge is -2.18. The molecule has 2 N–H and O–H groups in total. The highest BCUT2D eigenvalue weighted by Gasteiger charge is 2.24. The fourth-order valence-electron chi connectivity index (χ4n) is 1.64. The molecule has 1 atom stereocenters. The number of benzene rings is 1. The molecule has 1 rings (SSSR count). The molecule has 5 nitrogen and oxygen atoms in total. The molecule has 0 aliphatic carbocycles. The van der Waals surface area contributed by atoms with Crippen LogP contribution in [0.25, 0.3) is 5.76 Å². The molecule has 0 radical (unpaired) electrons. The van der Waals surface area contributed by atoms with E-state index in [1.54, 1.807) is 38.1 Å². The Hall–Kier alpha value is -2.30. The second-order valence-electron chi connectivity index (χ2n) is 4.65. The van der Waals surface area contributed by atoms with Gasteiger partial charge in [-0.2, -0.15) is 0 Å². The molecule has 0 aliphatic rings. The minimum atomic E-state index is -0.743. The van der Waals surface area contributed by atoms with Crippen molar-refractivity contribution in [3.8, 4) is 0 Å². The number of hydrogen-bond acceptors (Lipinski definition) is 4. The fourth-order valence-corrected chi connectivity index (χ4v) is 1.64. The molecule has 1 aromatic rings. The van der Waals surface area contributed by atoms with Gasteiger partial charge in [0.1, 0.15) is 11.8 Å². The maximum Gasteiger partial charge on any atom is 0.328 e. The van der Waals surface area contributed by atoms with E-state index < -0.39 is 17.9 Å². The summed E-state index contributed by atoms with van der Waals surface area (Å²) in [6, 6.07) is 7.93.